The molecule has 4 nitrogen and oxygen atoms in total. The zero-order chi connectivity index (χ0) is 15.1. The van der Waals surface area contributed by atoms with Gasteiger partial charge in [-0.05, 0) is 37.8 Å². The maximum Gasteiger partial charge on any atom is 0.189 e. The second kappa shape index (κ2) is 7.72. The highest BCUT2D eigenvalue weighted by molar-refractivity contribution is 5.78. The molecule has 0 saturated carbocycles. The van der Waals surface area contributed by atoms with E-state index in [0.29, 0.717) is 19.0 Å². The van der Waals surface area contributed by atoms with Gasteiger partial charge in [0.15, 0.2) is 5.96 Å². The number of rotatable bonds is 5. The Kier molecular flexibility index (Phi) is 5.67. The van der Waals surface area contributed by atoms with Crippen molar-refractivity contribution in [3.63, 3.8) is 0 Å². The van der Waals surface area contributed by atoms with Crippen molar-refractivity contribution in [2.75, 3.05) is 24.5 Å². The summed E-state index contributed by atoms with van der Waals surface area (Å²) in [4.78, 5) is 6.90. The molecule has 0 atom stereocenters. The van der Waals surface area contributed by atoms with Gasteiger partial charge in [0.2, 0.25) is 0 Å². The van der Waals surface area contributed by atoms with Crippen molar-refractivity contribution in [1.82, 2.24) is 5.32 Å². The zero-order valence-electron chi connectivity index (χ0n) is 12.9. The summed E-state index contributed by atoms with van der Waals surface area (Å²) in [7, 11) is 0. The van der Waals surface area contributed by atoms with Crippen molar-refractivity contribution in [3.05, 3.63) is 42.0 Å². The molecule has 0 bridgehead atoms. The van der Waals surface area contributed by atoms with Crippen molar-refractivity contribution in [3.8, 4) is 0 Å². The van der Waals surface area contributed by atoms with Crippen LogP contribution in [0.4, 0.5) is 5.69 Å². The predicted molar refractivity (Wildman–Crippen MR) is 90.6 cm³/mol. The molecule has 1 aliphatic heterocycles. The van der Waals surface area contributed by atoms with Gasteiger partial charge in [0.05, 0.1) is 6.54 Å². The molecule has 21 heavy (non-hydrogen) atoms. The van der Waals surface area contributed by atoms with Gasteiger partial charge in [0.25, 0.3) is 0 Å². The molecule has 1 aromatic carbocycles. The van der Waals surface area contributed by atoms with Crippen LogP contribution in [0.3, 0.4) is 0 Å². The van der Waals surface area contributed by atoms with E-state index in [1.54, 1.807) is 0 Å². The fraction of sp³-hybridized carbons (Fsp3) is 0.471. The van der Waals surface area contributed by atoms with E-state index in [1.807, 2.05) is 6.92 Å². The lowest BCUT2D eigenvalue weighted by molar-refractivity contribution is 0.576. The number of benzene rings is 1. The summed E-state index contributed by atoms with van der Waals surface area (Å²) in [6.07, 6.45) is 3.90. The van der Waals surface area contributed by atoms with Crippen molar-refractivity contribution < 1.29 is 0 Å². The molecule has 1 aliphatic rings. The largest absolute Gasteiger partial charge is 0.371 e. The summed E-state index contributed by atoms with van der Waals surface area (Å²) in [5.74, 6) is 0.478. The number of nitrogens with zero attached hydrogens (tertiary/aromatic N) is 2. The molecular formula is C17H26N4. The lowest BCUT2D eigenvalue weighted by Gasteiger charge is -2.30. The van der Waals surface area contributed by atoms with Crippen LogP contribution in [0.25, 0.3) is 0 Å². The number of hydrogen-bond acceptors (Lipinski definition) is 2. The average molecular weight is 286 g/mol. The van der Waals surface area contributed by atoms with Crippen molar-refractivity contribution >= 4 is 11.6 Å². The Morgan fingerprint density at radius 2 is 2.00 bits per heavy atom. The number of para-hydroxylation sites is 1. The van der Waals surface area contributed by atoms with E-state index in [1.165, 1.54) is 30.5 Å². The average Bonchev–Trinajstić information content (AvgIpc) is 2.52. The summed E-state index contributed by atoms with van der Waals surface area (Å²) in [6, 6.07) is 8.49. The molecule has 1 aromatic rings. The van der Waals surface area contributed by atoms with E-state index in [-0.39, 0.29) is 0 Å². The van der Waals surface area contributed by atoms with Crippen LogP contribution in [0, 0.1) is 0 Å². The molecule has 114 valence electrons. The molecule has 0 aromatic heterocycles. The molecule has 1 heterocycles. The summed E-state index contributed by atoms with van der Waals surface area (Å²) >= 11 is 0. The molecule has 3 N–H and O–H groups in total. The molecule has 0 spiro atoms. The molecule has 4 heteroatoms. The van der Waals surface area contributed by atoms with E-state index in [0.717, 1.165) is 18.7 Å². The second-order valence-electron chi connectivity index (χ2n) is 5.69. The van der Waals surface area contributed by atoms with Crippen LogP contribution in [0.15, 0.2) is 41.4 Å². The van der Waals surface area contributed by atoms with Crippen molar-refractivity contribution in [2.45, 2.75) is 32.7 Å². The lowest BCUT2D eigenvalue weighted by Crippen LogP contribution is -2.33. The Balaban J connectivity index is 2.02. The minimum Gasteiger partial charge on any atom is -0.371 e. The standard InChI is InChI=1S/C17H26N4/c1-14(2)12-19-17(18)20-13-15-8-4-5-9-16(15)21-10-6-3-7-11-21/h4-5,8-9H,1,3,6-7,10-13H2,2H3,(H3,18,19,20). The first-order valence-electron chi connectivity index (χ1n) is 7.68. The summed E-state index contributed by atoms with van der Waals surface area (Å²) in [5, 5.41) is 3.07. The summed E-state index contributed by atoms with van der Waals surface area (Å²) in [6.45, 7) is 9.37. The van der Waals surface area contributed by atoms with Gasteiger partial charge in [-0.15, -0.1) is 0 Å². The predicted octanol–water partition coefficient (Wildman–Crippen LogP) is 2.66. The monoisotopic (exact) mass is 286 g/mol. The third-order valence-corrected chi connectivity index (χ3v) is 3.68. The maximum atomic E-state index is 5.88. The Labute approximate surface area is 127 Å². The summed E-state index contributed by atoms with van der Waals surface area (Å²) < 4.78 is 0. The van der Waals surface area contributed by atoms with E-state index in [4.69, 9.17) is 5.73 Å². The maximum absolute atomic E-state index is 5.88. The van der Waals surface area contributed by atoms with Crippen LogP contribution in [0.1, 0.15) is 31.7 Å². The van der Waals surface area contributed by atoms with Crippen LogP contribution in [-0.2, 0) is 6.54 Å². The van der Waals surface area contributed by atoms with Gasteiger partial charge in [-0.25, -0.2) is 4.99 Å². The normalized spacial score (nSPS) is 15.9. The lowest BCUT2D eigenvalue weighted by atomic mass is 10.1. The number of hydrogen-bond donors (Lipinski definition) is 2. The van der Waals surface area contributed by atoms with Crippen molar-refractivity contribution in [1.29, 1.82) is 0 Å². The minimum absolute atomic E-state index is 0.478. The Morgan fingerprint density at radius 3 is 2.71 bits per heavy atom. The van der Waals surface area contributed by atoms with Crippen LogP contribution < -0.4 is 16.0 Å². The van der Waals surface area contributed by atoms with Crippen LogP contribution in [0.5, 0.6) is 0 Å². The number of nitrogens with two attached hydrogens (primary N) is 1. The Hall–Kier alpha value is -1.97. The Morgan fingerprint density at radius 1 is 1.29 bits per heavy atom. The van der Waals surface area contributed by atoms with E-state index in [2.05, 4.69) is 46.1 Å². The van der Waals surface area contributed by atoms with Crippen LogP contribution >= 0.6 is 0 Å². The molecule has 0 amide bonds. The minimum atomic E-state index is 0.478. The van der Waals surface area contributed by atoms with E-state index in [9.17, 15) is 0 Å². The fourth-order valence-electron chi connectivity index (χ4n) is 2.56. The molecule has 0 aliphatic carbocycles. The highest BCUT2D eigenvalue weighted by atomic mass is 15.1. The summed E-state index contributed by atoms with van der Waals surface area (Å²) in [5.41, 5.74) is 9.46. The van der Waals surface area contributed by atoms with Crippen molar-refractivity contribution in [2.24, 2.45) is 10.7 Å². The topological polar surface area (TPSA) is 53.6 Å². The van der Waals surface area contributed by atoms with Gasteiger partial charge in [-0.3, -0.25) is 0 Å². The fourth-order valence-corrected chi connectivity index (χ4v) is 2.56. The second-order valence-corrected chi connectivity index (χ2v) is 5.69. The van der Waals surface area contributed by atoms with E-state index < -0.39 is 0 Å². The molecule has 1 fully saturated rings. The number of anilines is 1. The number of piperidine rings is 1. The highest BCUT2D eigenvalue weighted by Crippen LogP contribution is 2.24. The highest BCUT2D eigenvalue weighted by Gasteiger charge is 2.13. The van der Waals surface area contributed by atoms with Gasteiger partial charge in [-0.1, -0.05) is 30.4 Å². The molecule has 0 radical (unpaired) electrons. The first-order chi connectivity index (χ1) is 10.2. The molecule has 1 saturated heterocycles. The SMILES string of the molecule is C=C(C)CNC(N)=NCc1ccccc1N1CCCCC1. The Bertz CT molecular complexity index is 501. The number of aliphatic imine (C=N–C) groups is 1. The van der Waals surface area contributed by atoms with Gasteiger partial charge in [0.1, 0.15) is 0 Å². The van der Waals surface area contributed by atoms with Gasteiger partial charge in [0, 0.05) is 25.3 Å². The smallest absolute Gasteiger partial charge is 0.189 e. The number of guanidine groups is 1. The molecular weight excluding hydrogens is 260 g/mol. The van der Waals surface area contributed by atoms with Gasteiger partial charge >= 0.3 is 0 Å². The van der Waals surface area contributed by atoms with Gasteiger partial charge < -0.3 is 16.0 Å². The first-order valence-corrected chi connectivity index (χ1v) is 7.68. The quantitative estimate of drug-likeness (QED) is 0.497. The molecule has 0 unspecified atom stereocenters. The first kappa shape index (κ1) is 15.4. The van der Waals surface area contributed by atoms with Crippen LogP contribution in [-0.4, -0.2) is 25.6 Å². The molecule has 2 rings (SSSR count). The third kappa shape index (κ3) is 4.81. The van der Waals surface area contributed by atoms with Crippen LogP contribution in [0.2, 0.25) is 0 Å². The third-order valence-electron chi connectivity index (χ3n) is 3.68. The zero-order valence-corrected chi connectivity index (χ0v) is 12.9. The number of nitrogens with one attached hydrogen (secondary N) is 1. The van der Waals surface area contributed by atoms with E-state index >= 15 is 0 Å². The van der Waals surface area contributed by atoms with Gasteiger partial charge in [-0.2, -0.15) is 0 Å².